The van der Waals surface area contributed by atoms with Gasteiger partial charge < -0.3 is 14.8 Å². The van der Waals surface area contributed by atoms with E-state index < -0.39 is 11.8 Å². The number of benzene rings is 2. The third kappa shape index (κ3) is 7.96. The van der Waals surface area contributed by atoms with Crippen molar-refractivity contribution in [1.29, 1.82) is 0 Å². The second-order valence-electron chi connectivity index (χ2n) is 10.2. The average Bonchev–Trinajstić information content (AvgIpc) is 3.40. The normalized spacial score (nSPS) is 17.4. The van der Waals surface area contributed by atoms with Gasteiger partial charge in [0.2, 0.25) is 0 Å². The standard InChI is InChI=1S/C28H31F2N3OS.C3H6O/c1-18(27-19(2)32-20(3)35-27)31-14-21-4-6-22(7-5-21)15-33-11-10-23-12-26(9-8-24(23)16-33)34-17-25-13-28(25,29)30;1-2-3-4/h4-9,12,25,31H,1,10-11,13-17H2,2-3H3;3H,2H2,1H3. The van der Waals surface area contributed by atoms with Gasteiger partial charge in [-0.2, -0.15) is 0 Å². The van der Waals surface area contributed by atoms with Crippen molar-refractivity contribution in [1.82, 2.24) is 15.2 Å². The molecule has 1 atom stereocenters. The van der Waals surface area contributed by atoms with Crippen LogP contribution in [0.5, 0.6) is 5.75 Å². The summed E-state index contributed by atoms with van der Waals surface area (Å²) in [6.07, 6.45) is 2.40. The molecule has 1 fully saturated rings. The number of nitrogens with one attached hydrogen (secondary N) is 1. The zero-order valence-corrected chi connectivity index (χ0v) is 23.8. The van der Waals surface area contributed by atoms with E-state index >= 15 is 0 Å². The maximum absolute atomic E-state index is 13.1. The molecule has 1 N–H and O–H groups in total. The van der Waals surface area contributed by atoms with Gasteiger partial charge in [0.15, 0.2) is 0 Å². The Morgan fingerprint density at radius 1 is 1.21 bits per heavy atom. The van der Waals surface area contributed by atoms with Crippen LogP contribution in [-0.4, -0.2) is 35.2 Å². The highest BCUT2D eigenvalue weighted by molar-refractivity contribution is 7.12. The van der Waals surface area contributed by atoms with Crippen LogP contribution in [0.2, 0.25) is 0 Å². The molecule has 3 aromatic rings. The van der Waals surface area contributed by atoms with Crippen LogP contribution in [0.15, 0.2) is 49.0 Å². The molecule has 2 aromatic carbocycles. The van der Waals surface area contributed by atoms with E-state index in [2.05, 4.69) is 52.1 Å². The van der Waals surface area contributed by atoms with Gasteiger partial charge in [0.25, 0.3) is 5.92 Å². The number of hydrogen-bond acceptors (Lipinski definition) is 6. The van der Waals surface area contributed by atoms with Crippen LogP contribution in [0.25, 0.3) is 5.70 Å². The van der Waals surface area contributed by atoms with E-state index in [0.717, 1.165) is 60.2 Å². The quantitative estimate of drug-likeness (QED) is 0.283. The van der Waals surface area contributed by atoms with Crippen LogP contribution in [0.3, 0.4) is 0 Å². The number of thiazole rings is 1. The molecule has 1 aliphatic carbocycles. The lowest BCUT2D eigenvalue weighted by molar-refractivity contribution is -0.107. The molecule has 208 valence electrons. The highest BCUT2D eigenvalue weighted by Crippen LogP contribution is 2.48. The first-order valence-electron chi connectivity index (χ1n) is 13.4. The van der Waals surface area contributed by atoms with Gasteiger partial charge in [0.1, 0.15) is 12.0 Å². The summed E-state index contributed by atoms with van der Waals surface area (Å²) in [6.45, 7) is 13.6. The summed E-state index contributed by atoms with van der Waals surface area (Å²) in [5.41, 5.74) is 6.99. The minimum absolute atomic E-state index is 0.0496. The summed E-state index contributed by atoms with van der Waals surface area (Å²) in [5.74, 6) is -2.45. The lowest BCUT2D eigenvalue weighted by atomic mass is 9.99. The Kier molecular flexibility index (Phi) is 9.51. The maximum Gasteiger partial charge on any atom is 0.255 e. The highest BCUT2D eigenvalue weighted by Gasteiger charge is 2.57. The zero-order chi connectivity index (χ0) is 28.0. The Hall–Kier alpha value is -3.10. The Bertz CT molecular complexity index is 1290. The lowest BCUT2D eigenvalue weighted by Gasteiger charge is -2.29. The highest BCUT2D eigenvalue weighted by atomic mass is 32.1. The van der Waals surface area contributed by atoms with Crippen molar-refractivity contribution in [3.63, 3.8) is 0 Å². The topological polar surface area (TPSA) is 54.5 Å². The van der Waals surface area contributed by atoms with Crippen LogP contribution in [0.1, 0.15) is 57.6 Å². The summed E-state index contributed by atoms with van der Waals surface area (Å²) in [7, 11) is 0. The second kappa shape index (κ2) is 12.8. The van der Waals surface area contributed by atoms with Gasteiger partial charge in [-0.05, 0) is 54.7 Å². The largest absolute Gasteiger partial charge is 0.493 e. The molecule has 0 radical (unpaired) electrons. The van der Waals surface area contributed by atoms with Crippen molar-refractivity contribution in [3.8, 4) is 5.75 Å². The fraction of sp³-hybridized carbons (Fsp3) is 0.419. The Morgan fingerprint density at radius 2 is 1.90 bits per heavy atom. The maximum atomic E-state index is 13.1. The fourth-order valence-corrected chi connectivity index (χ4v) is 5.45. The molecular weight excluding hydrogens is 516 g/mol. The molecule has 5 nitrogen and oxygen atoms in total. The van der Waals surface area contributed by atoms with Crippen LogP contribution in [0.4, 0.5) is 8.78 Å². The van der Waals surface area contributed by atoms with E-state index in [-0.39, 0.29) is 13.0 Å². The second-order valence-corrected chi connectivity index (χ2v) is 11.4. The average molecular weight is 554 g/mol. The first-order valence-corrected chi connectivity index (χ1v) is 14.2. The summed E-state index contributed by atoms with van der Waals surface area (Å²) in [4.78, 5) is 17.2. The van der Waals surface area contributed by atoms with Crippen LogP contribution in [0, 0.1) is 19.8 Å². The number of nitrogens with zero attached hydrogens (tertiary/aromatic N) is 2. The molecule has 1 aliphatic heterocycles. The van der Waals surface area contributed by atoms with Gasteiger partial charge in [-0.3, -0.25) is 4.90 Å². The number of rotatable bonds is 10. The number of alkyl halides is 2. The third-order valence-corrected chi connectivity index (χ3v) is 8.09. The molecule has 0 bridgehead atoms. The molecule has 1 aromatic heterocycles. The summed E-state index contributed by atoms with van der Waals surface area (Å²) < 4.78 is 31.8. The van der Waals surface area contributed by atoms with Crippen molar-refractivity contribution in [2.24, 2.45) is 5.92 Å². The molecule has 5 rings (SSSR count). The van der Waals surface area contributed by atoms with E-state index in [1.165, 1.54) is 22.3 Å². The minimum Gasteiger partial charge on any atom is -0.493 e. The molecule has 2 heterocycles. The van der Waals surface area contributed by atoms with E-state index in [1.54, 1.807) is 11.3 Å². The summed E-state index contributed by atoms with van der Waals surface area (Å²) in [6, 6.07) is 14.8. The molecule has 0 amide bonds. The molecule has 1 saturated carbocycles. The molecule has 0 saturated heterocycles. The van der Waals surface area contributed by atoms with Gasteiger partial charge in [-0.1, -0.05) is 43.8 Å². The predicted octanol–water partition coefficient (Wildman–Crippen LogP) is 6.71. The number of carbonyl (C=O) groups excluding carboxylic acids is 1. The number of aromatic nitrogens is 1. The number of halogens is 2. The van der Waals surface area contributed by atoms with Crippen molar-refractivity contribution >= 4 is 23.3 Å². The number of aldehydes is 1. The summed E-state index contributed by atoms with van der Waals surface area (Å²) in [5, 5.41) is 4.48. The van der Waals surface area contributed by atoms with Gasteiger partial charge in [-0.25, -0.2) is 13.8 Å². The first-order chi connectivity index (χ1) is 18.7. The van der Waals surface area contributed by atoms with Gasteiger partial charge >= 0.3 is 0 Å². The van der Waals surface area contributed by atoms with Crippen molar-refractivity contribution < 1.29 is 18.3 Å². The molecule has 8 heteroatoms. The predicted molar refractivity (Wildman–Crippen MR) is 153 cm³/mol. The number of aryl methyl sites for hydroxylation is 2. The van der Waals surface area contributed by atoms with E-state index in [4.69, 9.17) is 4.74 Å². The number of carbonyl (C=O) groups is 1. The number of ether oxygens (including phenoxy) is 1. The number of hydrogen-bond donors (Lipinski definition) is 1. The van der Waals surface area contributed by atoms with Crippen molar-refractivity contribution in [3.05, 3.63) is 86.9 Å². The zero-order valence-electron chi connectivity index (χ0n) is 22.9. The Balaban J connectivity index is 0.000000826. The van der Waals surface area contributed by atoms with E-state index in [9.17, 15) is 13.6 Å². The molecule has 39 heavy (non-hydrogen) atoms. The number of fused-ring (bicyclic) bond motifs is 1. The monoisotopic (exact) mass is 553 g/mol. The minimum atomic E-state index is -2.53. The Morgan fingerprint density at radius 3 is 2.51 bits per heavy atom. The van der Waals surface area contributed by atoms with Crippen LogP contribution >= 0.6 is 11.3 Å². The van der Waals surface area contributed by atoms with Crippen molar-refractivity contribution in [2.75, 3.05) is 13.2 Å². The smallest absolute Gasteiger partial charge is 0.255 e. The molecule has 0 spiro atoms. The first kappa shape index (κ1) is 28.9. The van der Waals surface area contributed by atoms with Crippen molar-refractivity contribution in [2.45, 2.75) is 65.6 Å². The molecule has 1 unspecified atom stereocenters. The molecular formula is C31H37F2N3O2S. The summed E-state index contributed by atoms with van der Waals surface area (Å²) >= 11 is 1.67. The third-order valence-electron chi connectivity index (χ3n) is 6.96. The molecule has 2 aliphatic rings. The van der Waals surface area contributed by atoms with Gasteiger partial charge in [0.05, 0.1) is 28.1 Å². The van der Waals surface area contributed by atoms with E-state index in [0.29, 0.717) is 12.2 Å². The van der Waals surface area contributed by atoms with Gasteiger partial charge in [0, 0.05) is 44.7 Å². The SMILES string of the molecule is C=C(NCc1ccc(CN2CCc3cc(OCC4CC4(F)F)ccc3C2)cc1)c1sc(C)nc1C.CCC=O. The van der Waals surface area contributed by atoms with E-state index in [1.807, 2.05) is 32.9 Å². The fourth-order valence-electron chi connectivity index (χ4n) is 4.58. The Labute approximate surface area is 233 Å². The van der Waals surface area contributed by atoms with Gasteiger partial charge in [-0.15, -0.1) is 11.3 Å². The van der Waals surface area contributed by atoms with Crippen LogP contribution in [-0.2, 0) is 30.8 Å². The van der Waals surface area contributed by atoms with Crippen LogP contribution < -0.4 is 10.1 Å². The lowest BCUT2D eigenvalue weighted by Crippen LogP contribution is -2.30.